The molecule has 636 valence electrons. The van der Waals surface area contributed by atoms with Gasteiger partial charge in [-0.25, -0.2) is 0 Å². The van der Waals surface area contributed by atoms with Crippen LogP contribution in [-0.4, -0.2) is 290 Å². The predicted molar refractivity (Wildman–Crippen MR) is 403 cm³/mol. The summed E-state index contributed by atoms with van der Waals surface area (Å²) in [6.45, 7) is 56.7. The predicted octanol–water partition coefficient (Wildman–Crippen LogP) is 10.1. The molecule has 0 radical (unpaired) electrons. The van der Waals surface area contributed by atoms with E-state index >= 15 is 0 Å². The molecule has 5 unspecified atom stereocenters. The molecule has 30 heteroatoms. The summed E-state index contributed by atoms with van der Waals surface area (Å²) in [5.41, 5.74) is 0.0972. The SMILES string of the molecule is C1=COCC1.C1=COCCC1.C1COC1.C1COCO1.C=COCC.CC(C)OC(C)(OC(C)C)OC(C)C.CC1(C)OC(CO)C(CO)O1.CC1(C)OCC(CO)O1.CC1(CO)COC1.CC1CO1.CC=O.CCOC(OCC)(OCC)OCC.COC(C)(C)OC.COC1=CCOCC1.OCC1CO1. The van der Waals surface area contributed by atoms with E-state index in [4.69, 9.17) is 135 Å². The fraction of sp³-hybridized carbons (Fsp3) is 0.882. The lowest BCUT2D eigenvalue weighted by Crippen LogP contribution is -2.42. The molecule has 5 atom stereocenters. The number of aliphatic hydroxyl groups excluding tert-OH is 5. The van der Waals surface area contributed by atoms with Crippen LogP contribution in [0.15, 0.2) is 49.4 Å². The van der Waals surface area contributed by atoms with E-state index in [0.29, 0.717) is 52.5 Å². The molecule has 10 aliphatic rings. The number of carbonyl (C=O) groups is 1. The Kier molecular flexibility index (Phi) is 75.8. The standard InChI is InChI=1S/C11H24O3.C9H20O4.C7H14O4.C6H12O3.C6H10O2.C5H10O2.C5H12O2.C5H8O.C4H6O.C4H8O.2C3H6O2.2C3H6O.C2H4O/c1-8(2)12-11(7,13-9(3)4)14-10(5)6;1-5-10-9(11-6-2,12-7-3)13-8-4;1-7(2)10-5(3-8)6(4-9)11-7;1-6(2)8-4-5(3-7)9-6;1-7-6-2-4-8-5-3-6;1-5(2-6)3-7-4-5;1-5(2,6-3)7-4;1-2-4-6-5-3-1;1-2-4-5-3-1;1-3-5-4-2;4-1-3-2-5-3;1-2-5-3-4-1;1-3-2-4-3;1-2-4-3-1;1-2-3/h8-10H,1-7H3;5-8H2,1-4H3;5-6,8-9H,3-4H2,1-2H3;5,7H,3-4H2,1-2H3;2H,3-5H2,1H3;6H,2-4H2,1H3;1-4H3;2,4H,1,3,5H2;1,3H,2,4H2;3H,1,4H2,2H3;3-4H,1-2H2;1-3H2;3H,2H2,1H3;1-3H2;2H,1H3. The van der Waals surface area contributed by atoms with Crippen molar-refractivity contribution in [2.24, 2.45) is 5.41 Å². The van der Waals surface area contributed by atoms with E-state index < -0.39 is 41.7 Å². The Labute approximate surface area is 638 Å². The van der Waals surface area contributed by atoms with Gasteiger partial charge in [-0.05, 0) is 169 Å². The number of ether oxygens (including phenoxy) is 24. The molecule has 0 aromatic rings. The van der Waals surface area contributed by atoms with E-state index in [0.717, 1.165) is 104 Å². The first-order chi connectivity index (χ1) is 50.2. The molecule has 7 fully saturated rings. The summed E-state index contributed by atoms with van der Waals surface area (Å²) in [4.78, 5) is 8.81. The van der Waals surface area contributed by atoms with Crippen molar-refractivity contribution in [3.63, 3.8) is 0 Å². The van der Waals surface area contributed by atoms with Gasteiger partial charge < -0.3 is 144 Å². The molecule has 10 rings (SSSR count). The number of epoxide rings is 2. The number of allylic oxidation sites excluding steroid dienone is 1. The molecule has 0 aliphatic carbocycles. The van der Waals surface area contributed by atoms with Crippen molar-refractivity contribution < 1.29 is 144 Å². The van der Waals surface area contributed by atoms with Crippen LogP contribution in [0, 0.1) is 5.41 Å². The van der Waals surface area contributed by atoms with Crippen molar-refractivity contribution in [2.75, 3.05) is 180 Å². The Morgan fingerprint density at radius 2 is 1.02 bits per heavy atom. The van der Waals surface area contributed by atoms with Crippen LogP contribution in [0.4, 0.5) is 0 Å². The highest BCUT2D eigenvalue weighted by Crippen LogP contribution is 2.28. The summed E-state index contributed by atoms with van der Waals surface area (Å²) in [5, 5.41) is 42.8. The lowest BCUT2D eigenvalue weighted by molar-refractivity contribution is -0.495. The molecular weight excluding hydrogens is 1390 g/mol. The Balaban J connectivity index is -0.000000349. The van der Waals surface area contributed by atoms with Crippen molar-refractivity contribution in [3.8, 4) is 0 Å². The van der Waals surface area contributed by atoms with E-state index in [9.17, 15) is 0 Å². The molecule has 0 amide bonds. The Morgan fingerprint density at radius 1 is 0.575 bits per heavy atom. The molecule has 10 aliphatic heterocycles. The fourth-order valence-electron chi connectivity index (χ4n) is 7.37. The zero-order chi connectivity index (χ0) is 81.6. The fourth-order valence-corrected chi connectivity index (χ4v) is 7.37. The first-order valence-corrected chi connectivity index (χ1v) is 37.1. The first-order valence-electron chi connectivity index (χ1n) is 37.1. The van der Waals surface area contributed by atoms with Gasteiger partial charge in [0.2, 0.25) is 0 Å². The number of aldehydes is 1. The molecule has 106 heavy (non-hydrogen) atoms. The molecule has 0 saturated carbocycles. The minimum absolute atomic E-state index is 0.0451. The topological polar surface area (TPSA) is 346 Å². The number of hydrogen-bond donors (Lipinski definition) is 5. The summed E-state index contributed by atoms with van der Waals surface area (Å²) in [7, 11) is 4.92. The third-order valence-electron chi connectivity index (χ3n) is 12.9. The highest BCUT2D eigenvalue weighted by molar-refractivity contribution is 5.44. The van der Waals surface area contributed by atoms with Crippen LogP contribution in [0.5, 0.6) is 0 Å². The molecule has 10 heterocycles. The number of methoxy groups -OCH3 is 3. The normalized spacial score (nSPS) is 21.4. The second-order valence-electron chi connectivity index (χ2n) is 25.7. The number of rotatable bonds is 24. The smallest absolute Gasteiger partial charge is 0.412 e. The molecular formula is C76H152O30. The maximum atomic E-state index is 8.81. The first kappa shape index (κ1) is 111. The molecule has 30 nitrogen and oxygen atoms in total. The van der Waals surface area contributed by atoms with Crippen LogP contribution in [0.3, 0.4) is 0 Å². The molecule has 0 aromatic heterocycles. The minimum Gasteiger partial charge on any atom is -0.502 e. The maximum absolute atomic E-state index is 8.81. The molecule has 7 saturated heterocycles. The van der Waals surface area contributed by atoms with Gasteiger partial charge in [0.1, 0.15) is 37.5 Å². The number of hydrogen-bond acceptors (Lipinski definition) is 30. The summed E-state index contributed by atoms with van der Waals surface area (Å²) in [6, 6.07) is 0. The second-order valence-corrected chi connectivity index (χ2v) is 25.7. The highest BCUT2D eigenvalue weighted by Gasteiger charge is 2.40. The minimum atomic E-state index is -1.30. The van der Waals surface area contributed by atoms with Crippen molar-refractivity contribution in [1.82, 2.24) is 0 Å². The average Bonchev–Trinajstić information content (AvgIpc) is 1.70. The van der Waals surface area contributed by atoms with E-state index in [1.807, 2.05) is 136 Å². The second kappa shape index (κ2) is 72.1. The van der Waals surface area contributed by atoms with E-state index in [1.165, 1.54) is 32.4 Å². The van der Waals surface area contributed by atoms with Gasteiger partial charge in [-0.1, -0.05) is 13.5 Å². The quantitative estimate of drug-likeness (QED) is 0.0259. The van der Waals surface area contributed by atoms with Gasteiger partial charge in [0.15, 0.2) is 17.4 Å². The van der Waals surface area contributed by atoms with Gasteiger partial charge >= 0.3 is 6.16 Å². The summed E-state index contributed by atoms with van der Waals surface area (Å²) < 4.78 is 121. The highest BCUT2D eigenvalue weighted by atomic mass is 17.0. The van der Waals surface area contributed by atoms with Gasteiger partial charge in [-0.3, -0.25) is 0 Å². The number of carbonyl (C=O) groups excluding carboxylic acids is 1. The third-order valence-corrected chi connectivity index (χ3v) is 12.9. The van der Waals surface area contributed by atoms with Crippen molar-refractivity contribution in [2.45, 2.75) is 256 Å². The van der Waals surface area contributed by atoms with Gasteiger partial charge in [-0.2, -0.15) is 0 Å². The summed E-state index contributed by atoms with van der Waals surface area (Å²) in [6.07, 6.45) is 16.2. The molecule has 0 aromatic carbocycles. The Morgan fingerprint density at radius 3 is 1.16 bits per heavy atom. The third kappa shape index (κ3) is 74.9. The van der Waals surface area contributed by atoms with Gasteiger partial charge in [0.05, 0.1) is 195 Å². The lowest BCUT2D eigenvalue weighted by Gasteiger charge is -2.35. The van der Waals surface area contributed by atoms with Crippen LogP contribution in [-0.2, 0) is 118 Å². The largest absolute Gasteiger partial charge is 0.502 e. The number of aliphatic hydroxyl groups is 5. The molecule has 0 spiro atoms. The van der Waals surface area contributed by atoms with Crippen molar-refractivity contribution in [3.05, 3.63) is 49.4 Å². The van der Waals surface area contributed by atoms with Gasteiger partial charge in [-0.15, -0.1) is 0 Å². The van der Waals surface area contributed by atoms with Crippen LogP contribution < -0.4 is 0 Å². The van der Waals surface area contributed by atoms with Crippen LogP contribution in [0.2, 0.25) is 0 Å². The van der Waals surface area contributed by atoms with Crippen LogP contribution >= 0.6 is 0 Å². The van der Waals surface area contributed by atoms with E-state index in [1.54, 1.807) is 47.7 Å². The van der Waals surface area contributed by atoms with Gasteiger partial charge in [0.25, 0.3) is 5.97 Å². The monoisotopic (exact) mass is 1550 g/mol. The van der Waals surface area contributed by atoms with Gasteiger partial charge in [0, 0.05) is 52.6 Å². The Bertz CT molecular complexity index is 1850. The Hall–Kier alpha value is -3.17. The van der Waals surface area contributed by atoms with E-state index in [-0.39, 0.29) is 69.0 Å². The summed E-state index contributed by atoms with van der Waals surface area (Å²) >= 11 is 0. The molecule has 5 N–H and O–H groups in total. The van der Waals surface area contributed by atoms with Crippen molar-refractivity contribution in [1.29, 1.82) is 0 Å². The lowest BCUT2D eigenvalue weighted by atomic mass is 9.90. The molecule has 0 bridgehead atoms. The zero-order valence-electron chi connectivity index (χ0n) is 69.8. The zero-order valence-corrected chi connectivity index (χ0v) is 69.8. The van der Waals surface area contributed by atoms with Crippen LogP contribution in [0.25, 0.3) is 0 Å². The van der Waals surface area contributed by atoms with Crippen LogP contribution in [0.1, 0.15) is 178 Å². The summed E-state index contributed by atoms with van der Waals surface area (Å²) in [5.74, 6) is -1.47. The average molecular weight is 1550 g/mol. The van der Waals surface area contributed by atoms with Crippen molar-refractivity contribution >= 4 is 6.29 Å². The van der Waals surface area contributed by atoms with E-state index in [2.05, 4.69) is 23.0 Å². The maximum Gasteiger partial charge on any atom is 0.412 e.